The molecule has 0 saturated heterocycles. The molecule has 0 radical (unpaired) electrons. The molecule has 3 unspecified atom stereocenters. The summed E-state index contributed by atoms with van der Waals surface area (Å²) in [5.74, 6) is -0.911. The second kappa shape index (κ2) is 9.25. The van der Waals surface area contributed by atoms with E-state index in [1.54, 1.807) is 18.9 Å². The minimum Gasteiger partial charge on any atom is -0.497 e. The molecular weight excluding hydrogens is 442 g/mol. The first kappa shape index (κ1) is 24.0. The van der Waals surface area contributed by atoms with Gasteiger partial charge in [0, 0.05) is 24.2 Å². The molecule has 0 spiro atoms. The van der Waals surface area contributed by atoms with Crippen LogP contribution in [0, 0.1) is 23.7 Å². The zero-order valence-electron chi connectivity index (χ0n) is 19.6. The SMILES string of the molecule is COC1=CCC2C(=C1)N=C(C1=NC(C)(C(C)C)CS1)CC2O[C@@H]1C[C@@H](C(N)=O)[C@H](C(=O)O)C1. The molecule has 0 aromatic carbocycles. The lowest BCUT2D eigenvalue weighted by Crippen LogP contribution is -2.37. The van der Waals surface area contributed by atoms with Gasteiger partial charge in [0.15, 0.2) is 0 Å². The van der Waals surface area contributed by atoms with Crippen molar-refractivity contribution in [3.05, 3.63) is 23.6 Å². The Kier molecular flexibility index (Phi) is 6.73. The van der Waals surface area contributed by atoms with Crippen LogP contribution in [0.25, 0.3) is 0 Å². The van der Waals surface area contributed by atoms with Crippen molar-refractivity contribution in [3.8, 4) is 0 Å². The molecule has 33 heavy (non-hydrogen) atoms. The fourth-order valence-corrected chi connectivity index (χ4v) is 6.37. The van der Waals surface area contributed by atoms with Crippen LogP contribution in [0.5, 0.6) is 0 Å². The molecule has 2 aliphatic heterocycles. The average molecular weight is 476 g/mol. The number of methoxy groups -OCH3 is 1. The third-order valence-electron chi connectivity index (χ3n) is 7.50. The Morgan fingerprint density at radius 1 is 1.30 bits per heavy atom. The lowest BCUT2D eigenvalue weighted by atomic mass is 9.85. The number of hydrogen-bond donors (Lipinski definition) is 2. The molecule has 1 amide bonds. The molecule has 180 valence electrons. The summed E-state index contributed by atoms with van der Waals surface area (Å²) in [5.41, 5.74) is 7.18. The van der Waals surface area contributed by atoms with Crippen LogP contribution >= 0.6 is 11.8 Å². The molecule has 3 N–H and O–H groups in total. The summed E-state index contributed by atoms with van der Waals surface area (Å²) in [7, 11) is 1.64. The van der Waals surface area contributed by atoms with Crippen molar-refractivity contribution in [3.63, 3.8) is 0 Å². The number of thioether (sulfide) groups is 1. The van der Waals surface area contributed by atoms with Crippen molar-refractivity contribution in [2.45, 2.75) is 64.2 Å². The van der Waals surface area contributed by atoms with E-state index in [0.717, 1.165) is 34.4 Å². The minimum absolute atomic E-state index is 0.0482. The summed E-state index contributed by atoms with van der Waals surface area (Å²) in [6.45, 7) is 6.55. The molecule has 9 heteroatoms. The van der Waals surface area contributed by atoms with Gasteiger partial charge in [0.1, 0.15) is 10.8 Å². The highest BCUT2D eigenvalue weighted by Gasteiger charge is 2.45. The van der Waals surface area contributed by atoms with Gasteiger partial charge in [0.2, 0.25) is 5.91 Å². The lowest BCUT2D eigenvalue weighted by molar-refractivity contribution is -0.145. The van der Waals surface area contributed by atoms with E-state index in [9.17, 15) is 14.7 Å². The highest BCUT2D eigenvalue weighted by molar-refractivity contribution is 8.16. The van der Waals surface area contributed by atoms with E-state index in [0.29, 0.717) is 18.8 Å². The lowest BCUT2D eigenvalue weighted by Gasteiger charge is -2.35. The van der Waals surface area contributed by atoms with Crippen molar-refractivity contribution < 1.29 is 24.2 Å². The number of amides is 1. The minimum atomic E-state index is -0.994. The monoisotopic (exact) mass is 475 g/mol. The van der Waals surface area contributed by atoms with Gasteiger partial charge >= 0.3 is 5.97 Å². The maximum absolute atomic E-state index is 11.8. The number of carboxylic acids is 1. The summed E-state index contributed by atoms with van der Waals surface area (Å²) in [5, 5.41) is 10.5. The van der Waals surface area contributed by atoms with Gasteiger partial charge in [-0.25, -0.2) is 0 Å². The number of ether oxygens (including phenoxy) is 2. The number of rotatable bonds is 7. The highest BCUT2D eigenvalue weighted by Crippen LogP contribution is 2.42. The summed E-state index contributed by atoms with van der Waals surface area (Å²) < 4.78 is 12.0. The smallest absolute Gasteiger partial charge is 0.307 e. The largest absolute Gasteiger partial charge is 0.497 e. The van der Waals surface area contributed by atoms with Gasteiger partial charge < -0.3 is 20.3 Å². The Bertz CT molecular complexity index is 934. The van der Waals surface area contributed by atoms with Gasteiger partial charge in [-0.3, -0.25) is 19.6 Å². The number of aliphatic carboxylic acids is 1. The maximum Gasteiger partial charge on any atom is 0.307 e. The Balaban J connectivity index is 1.59. The normalized spacial score (nSPS) is 36.0. The molecular formula is C24H33N3O5S. The van der Waals surface area contributed by atoms with E-state index in [-0.39, 0.29) is 30.1 Å². The van der Waals surface area contributed by atoms with E-state index in [2.05, 4.69) is 20.8 Å². The number of allylic oxidation sites excluding steroid dienone is 2. The van der Waals surface area contributed by atoms with Gasteiger partial charge in [-0.05, 0) is 38.2 Å². The number of fused-ring (bicyclic) bond motifs is 1. The topological polar surface area (TPSA) is 124 Å². The quantitative estimate of drug-likeness (QED) is 0.583. The molecule has 2 heterocycles. The molecule has 6 atom stereocenters. The van der Waals surface area contributed by atoms with E-state index in [4.69, 9.17) is 25.2 Å². The molecule has 0 aromatic rings. The van der Waals surface area contributed by atoms with Gasteiger partial charge in [-0.1, -0.05) is 13.8 Å². The molecule has 2 aliphatic carbocycles. The van der Waals surface area contributed by atoms with Gasteiger partial charge in [0.05, 0.1) is 48.1 Å². The number of nitrogens with two attached hydrogens (primary N) is 1. The highest BCUT2D eigenvalue weighted by atomic mass is 32.2. The number of carbonyl (C=O) groups excluding carboxylic acids is 1. The van der Waals surface area contributed by atoms with Crippen molar-refractivity contribution in [2.75, 3.05) is 12.9 Å². The van der Waals surface area contributed by atoms with E-state index in [1.165, 1.54) is 0 Å². The van der Waals surface area contributed by atoms with Crippen molar-refractivity contribution >= 4 is 34.4 Å². The molecule has 4 aliphatic rings. The van der Waals surface area contributed by atoms with Crippen LogP contribution in [-0.2, 0) is 19.1 Å². The number of nitrogens with zero attached hydrogens (tertiary/aromatic N) is 2. The predicted molar refractivity (Wildman–Crippen MR) is 128 cm³/mol. The Morgan fingerprint density at radius 3 is 2.61 bits per heavy atom. The standard InChI is InChI=1S/C24H33N3O5S/c1-12(2)24(3)11-33-22(27-24)19-10-20(15-6-5-13(31-4)9-18(15)26-19)32-14-7-16(21(25)28)17(8-14)23(29)30/h5,9,12,14-17,20H,6-8,10-11H2,1-4H3,(H2,25,28)(H,29,30)/t14-,15?,16-,17-,20?,24?/m1/s1. The van der Waals surface area contributed by atoms with E-state index in [1.807, 2.05) is 12.2 Å². The summed E-state index contributed by atoms with van der Waals surface area (Å²) in [4.78, 5) is 33.5. The number of primary amides is 1. The second-order valence-corrected chi connectivity index (χ2v) is 10.9. The number of aliphatic imine (C=N–C) groups is 2. The maximum atomic E-state index is 11.8. The van der Waals surface area contributed by atoms with E-state index >= 15 is 0 Å². The summed E-state index contributed by atoms with van der Waals surface area (Å²) >= 11 is 1.74. The van der Waals surface area contributed by atoms with Gasteiger partial charge in [0.25, 0.3) is 0 Å². The van der Waals surface area contributed by atoms with Crippen LogP contribution in [0.3, 0.4) is 0 Å². The number of carbonyl (C=O) groups is 2. The molecule has 1 saturated carbocycles. The predicted octanol–water partition coefficient (Wildman–Crippen LogP) is 3.18. The zero-order chi connectivity index (χ0) is 23.9. The van der Waals surface area contributed by atoms with Crippen LogP contribution in [0.4, 0.5) is 0 Å². The van der Waals surface area contributed by atoms with Gasteiger partial charge in [-0.15, -0.1) is 11.8 Å². The van der Waals surface area contributed by atoms with Crippen LogP contribution in [0.1, 0.15) is 46.5 Å². The van der Waals surface area contributed by atoms with Crippen LogP contribution < -0.4 is 5.73 Å². The fourth-order valence-electron chi connectivity index (χ4n) is 4.98. The van der Waals surface area contributed by atoms with E-state index < -0.39 is 23.7 Å². The molecule has 1 fully saturated rings. The van der Waals surface area contributed by atoms with Crippen LogP contribution in [-0.4, -0.2) is 58.3 Å². The fraction of sp³-hybridized carbons (Fsp3) is 0.667. The Labute approximate surface area is 198 Å². The molecule has 0 aromatic heterocycles. The first-order valence-electron chi connectivity index (χ1n) is 11.5. The Morgan fingerprint density at radius 2 is 2.03 bits per heavy atom. The number of hydrogen-bond acceptors (Lipinski definition) is 7. The molecule has 8 nitrogen and oxygen atoms in total. The van der Waals surface area contributed by atoms with Crippen molar-refractivity contribution in [1.29, 1.82) is 0 Å². The average Bonchev–Trinajstić information content (AvgIpc) is 3.38. The first-order valence-corrected chi connectivity index (χ1v) is 12.5. The van der Waals surface area contributed by atoms with Crippen molar-refractivity contribution in [1.82, 2.24) is 0 Å². The van der Waals surface area contributed by atoms with Crippen molar-refractivity contribution in [2.24, 2.45) is 39.4 Å². The third-order valence-corrected chi connectivity index (χ3v) is 8.83. The van der Waals surface area contributed by atoms with Crippen LogP contribution in [0.15, 0.2) is 33.6 Å². The first-order chi connectivity index (χ1) is 15.6. The molecule has 0 bridgehead atoms. The summed E-state index contributed by atoms with van der Waals surface area (Å²) in [6.07, 6.45) is 5.43. The van der Waals surface area contributed by atoms with Crippen LogP contribution in [0.2, 0.25) is 0 Å². The number of carboxylic acid groups (broad SMARTS) is 1. The third kappa shape index (κ3) is 4.75. The second-order valence-electron chi connectivity index (χ2n) is 9.92. The summed E-state index contributed by atoms with van der Waals surface area (Å²) in [6, 6.07) is 0. The zero-order valence-corrected chi connectivity index (χ0v) is 20.4. The molecule has 4 rings (SSSR count). The van der Waals surface area contributed by atoms with Gasteiger partial charge in [-0.2, -0.15) is 0 Å². The Hall–Kier alpha value is -2.13.